The summed E-state index contributed by atoms with van der Waals surface area (Å²) in [5.41, 5.74) is 1.54. The van der Waals surface area contributed by atoms with Gasteiger partial charge in [-0.25, -0.2) is 8.42 Å². The molecule has 2 heterocycles. The van der Waals surface area contributed by atoms with Gasteiger partial charge in [-0.3, -0.25) is 0 Å². The van der Waals surface area contributed by atoms with Gasteiger partial charge in [-0.15, -0.1) is 10.2 Å². The smallest absolute Gasteiger partial charge is 0.243 e. The van der Waals surface area contributed by atoms with Crippen LogP contribution in [-0.4, -0.2) is 49.1 Å². The molecule has 1 aromatic heterocycles. The molecule has 9 heteroatoms. The van der Waals surface area contributed by atoms with Crippen LogP contribution in [0.2, 0.25) is 5.02 Å². The zero-order valence-corrected chi connectivity index (χ0v) is 19.1. The minimum absolute atomic E-state index is 0.329. The molecule has 0 spiro atoms. The van der Waals surface area contributed by atoms with Crippen LogP contribution in [0.5, 0.6) is 0 Å². The van der Waals surface area contributed by atoms with E-state index in [4.69, 9.17) is 11.6 Å². The number of anilines is 1. The zero-order chi connectivity index (χ0) is 20.4. The van der Waals surface area contributed by atoms with E-state index < -0.39 is 10.0 Å². The van der Waals surface area contributed by atoms with Crippen molar-refractivity contribution in [3.05, 3.63) is 69.3 Å². The summed E-state index contributed by atoms with van der Waals surface area (Å²) in [4.78, 5) is 2.37. The van der Waals surface area contributed by atoms with E-state index >= 15 is 0 Å². The summed E-state index contributed by atoms with van der Waals surface area (Å²) >= 11 is 8.38. The lowest BCUT2D eigenvalue weighted by Gasteiger charge is -2.34. The molecular weight excluding hydrogens is 523 g/mol. The Balaban J connectivity index is 1.44. The Morgan fingerprint density at radius 2 is 1.55 bits per heavy atom. The number of piperazine rings is 1. The number of hydrogen-bond donors (Lipinski definition) is 0. The molecular formula is C20H18ClIN4O2S. The summed E-state index contributed by atoms with van der Waals surface area (Å²) in [5, 5.41) is 9.25. The molecule has 6 nitrogen and oxygen atoms in total. The summed E-state index contributed by atoms with van der Waals surface area (Å²) in [6.07, 6.45) is 0. The molecule has 1 fully saturated rings. The van der Waals surface area contributed by atoms with Gasteiger partial charge in [0.05, 0.1) is 15.6 Å². The summed E-state index contributed by atoms with van der Waals surface area (Å²) in [6.45, 7) is 1.93. The third-order valence-corrected chi connectivity index (χ3v) is 7.78. The van der Waals surface area contributed by atoms with E-state index in [9.17, 15) is 8.42 Å². The fourth-order valence-corrected chi connectivity index (χ4v) is 5.23. The van der Waals surface area contributed by atoms with Crippen molar-refractivity contribution in [1.29, 1.82) is 0 Å². The predicted molar refractivity (Wildman–Crippen MR) is 123 cm³/mol. The maximum Gasteiger partial charge on any atom is 0.243 e. The van der Waals surface area contributed by atoms with E-state index in [1.807, 2.05) is 41.3 Å². The van der Waals surface area contributed by atoms with Crippen molar-refractivity contribution in [2.24, 2.45) is 0 Å². The lowest BCUT2D eigenvalue weighted by molar-refractivity contribution is 0.383. The average Bonchev–Trinajstić information content (AvgIpc) is 2.75. The number of benzene rings is 2. The lowest BCUT2D eigenvalue weighted by atomic mass is 10.1. The van der Waals surface area contributed by atoms with Crippen LogP contribution in [0, 0.1) is 3.57 Å². The van der Waals surface area contributed by atoms with E-state index in [0.29, 0.717) is 41.8 Å². The number of aromatic nitrogens is 2. The van der Waals surface area contributed by atoms with Gasteiger partial charge in [0.1, 0.15) is 0 Å². The number of halogens is 2. The molecule has 0 amide bonds. The van der Waals surface area contributed by atoms with E-state index in [1.54, 1.807) is 24.3 Å². The topological polar surface area (TPSA) is 66.4 Å². The van der Waals surface area contributed by atoms with Crippen LogP contribution in [0.1, 0.15) is 0 Å². The van der Waals surface area contributed by atoms with Crippen molar-refractivity contribution in [1.82, 2.24) is 14.5 Å². The molecule has 2 aromatic carbocycles. The Kier molecular flexibility index (Phi) is 6.05. The van der Waals surface area contributed by atoms with Gasteiger partial charge < -0.3 is 4.90 Å². The quantitative estimate of drug-likeness (QED) is 0.470. The van der Waals surface area contributed by atoms with Gasteiger partial charge in [0.15, 0.2) is 5.82 Å². The molecule has 0 saturated carbocycles. The van der Waals surface area contributed by atoms with E-state index in [-0.39, 0.29) is 0 Å². The maximum absolute atomic E-state index is 12.8. The summed E-state index contributed by atoms with van der Waals surface area (Å²) < 4.78 is 28.2. The van der Waals surface area contributed by atoms with Gasteiger partial charge in [-0.2, -0.15) is 4.31 Å². The summed E-state index contributed by atoms with van der Waals surface area (Å²) in [5.74, 6) is 0.729. The second kappa shape index (κ2) is 8.55. The van der Waals surface area contributed by atoms with Gasteiger partial charge in [0.25, 0.3) is 0 Å². The molecule has 3 aromatic rings. The molecule has 4 rings (SSSR count). The highest BCUT2D eigenvalue weighted by molar-refractivity contribution is 14.1. The molecule has 0 atom stereocenters. The standard InChI is InChI=1S/C20H18ClIN4O2S/c21-18-4-2-1-3-17(18)19-9-10-20(24-23-19)25-11-13-26(14-12-25)29(27,28)16-7-5-15(22)6-8-16/h1-10H,11-14H2. The number of hydrogen-bond acceptors (Lipinski definition) is 5. The van der Waals surface area contributed by atoms with Crippen LogP contribution in [0.25, 0.3) is 11.3 Å². The van der Waals surface area contributed by atoms with Gasteiger partial charge in [0.2, 0.25) is 10.0 Å². The van der Waals surface area contributed by atoms with Crippen molar-refractivity contribution in [2.75, 3.05) is 31.1 Å². The highest BCUT2D eigenvalue weighted by Gasteiger charge is 2.29. The lowest BCUT2D eigenvalue weighted by Crippen LogP contribution is -2.49. The molecule has 1 saturated heterocycles. The van der Waals surface area contributed by atoms with Crippen molar-refractivity contribution in [2.45, 2.75) is 4.90 Å². The number of nitrogens with zero attached hydrogens (tertiary/aromatic N) is 4. The van der Waals surface area contributed by atoms with Gasteiger partial charge in [-0.05, 0) is 65.1 Å². The molecule has 0 aliphatic carbocycles. The van der Waals surface area contributed by atoms with Crippen molar-refractivity contribution in [3.63, 3.8) is 0 Å². The molecule has 0 radical (unpaired) electrons. The fraction of sp³-hybridized carbons (Fsp3) is 0.200. The first-order valence-corrected chi connectivity index (χ1v) is 11.9. The molecule has 0 bridgehead atoms. The van der Waals surface area contributed by atoms with E-state index in [0.717, 1.165) is 15.0 Å². The molecule has 0 N–H and O–H groups in total. The third kappa shape index (κ3) is 4.40. The average molecular weight is 541 g/mol. The van der Waals surface area contributed by atoms with Crippen LogP contribution >= 0.6 is 34.2 Å². The normalized spacial score (nSPS) is 15.4. The van der Waals surface area contributed by atoms with E-state index in [1.165, 1.54) is 4.31 Å². The Morgan fingerprint density at radius 3 is 2.17 bits per heavy atom. The summed E-state index contributed by atoms with van der Waals surface area (Å²) in [7, 11) is -3.48. The fourth-order valence-electron chi connectivity index (χ4n) is 3.22. The minimum atomic E-state index is -3.48. The highest BCUT2D eigenvalue weighted by atomic mass is 127. The first kappa shape index (κ1) is 20.5. The van der Waals surface area contributed by atoms with Crippen LogP contribution in [0.3, 0.4) is 0 Å². The zero-order valence-electron chi connectivity index (χ0n) is 15.4. The van der Waals surface area contributed by atoms with Crippen LogP contribution in [-0.2, 0) is 10.0 Å². The maximum atomic E-state index is 12.8. The Hall–Kier alpha value is -1.75. The van der Waals surface area contributed by atoms with Gasteiger partial charge >= 0.3 is 0 Å². The van der Waals surface area contributed by atoms with Crippen LogP contribution < -0.4 is 4.90 Å². The number of rotatable bonds is 4. The van der Waals surface area contributed by atoms with Crippen molar-refractivity contribution in [3.8, 4) is 11.3 Å². The SMILES string of the molecule is O=S(=O)(c1ccc(I)cc1)N1CCN(c2ccc(-c3ccccc3Cl)nn2)CC1. The van der Waals surface area contributed by atoms with Crippen LogP contribution in [0.4, 0.5) is 5.82 Å². The van der Waals surface area contributed by atoms with Crippen molar-refractivity contribution < 1.29 is 8.42 Å². The molecule has 29 heavy (non-hydrogen) atoms. The highest BCUT2D eigenvalue weighted by Crippen LogP contribution is 2.27. The summed E-state index contributed by atoms with van der Waals surface area (Å²) in [6, 6.07) is 18.2. The molecule has 150 valence electrons. The third-order valence-electron chi connectivity index (χ3n) is 4.81. The van der Waals surface area contributed by atoms with Crippen LogP contribution in [0.15, 0.2) is 65.6 Å². The molecule has 1 aliphatic rings. The molecule has 0 unspecified atom stereocenters. The Morgan fingerprint density at radius 1 is 0.862 bits per heavy atom. The second-order valence-electron chi connectivity index (χ2n) is 6.60. The Bertz CT molecular complexity index is 1100. The second-order valence-corrected chi connectivity index (χ2v) is 10.2. The number of sulfonamides is 1. The monoisotopic (exact) mass is 540 g/mol. The Labute approximate surface area is 188 Å². The van der Waals surface area contributed by atoms with Gasteiger partial charge in [-0.1, -0.05) is 29.8 Å². The van der Waals surface area contributed by atoms with Gasteiger partial charge in [0, 0.05) is 35.3 Å². The van der Waals surface area contributed by atoms with Crippen molar-refractivity contribution >= 4 is 50.0 Å². The first-order chi connectivity index (χ1) is 13.9. The molecule has 1 aliphatic heterocycles. The minimum Gasteiger partial charge on any atom is -0.352 e. The first-order valence-electron chi connectivity index (χ1n) is 9.04. The van der Waals surface area contributed by atoms with E-state index in [2.05, 4.69) is 32.8 Å². The largest absolute Gasteiger partial charge is 0.352 e. The predicted octanol–water partition coefficient (Wildman–Crippen LogP) is 3.91.